The number of Topliss-reactive ketones (excluding diaryl/α,β-unsaturated/α-hetero) is 1. The Labute approximate surface area is 181 Å². The Bertz CT molecular complexity index is 963. The summed E-state index contributed by atoms with van der Waals surface area (Å²) in [6.07, 6.45) is 0.941. The molecule has 0 aliphatic carbocycles. The molecule has 0 unspecified atom stereocenters. The minimum absolute atomic E-state index is 0.146. The summed E-state index contributed by atoms with van der Waals surface area (Å²) in [6, 6.07) is 12.5. The first kappa shape index (κ1) is 21.7. The monoisotopic (exact) mass is 428 g/mol. The number of ketones is 1. The number of aromatic nitrogens is 3. The maximum absolute atomic E-state index is 12.7. The molecule has 3 rings (SSSR count). The van der Waals surface area contributed by atoms with Crippen molar-refractivity contribution in [3.05, 3.63) is 63.1 Å². The maximum Gasteiger partial charge on any atom is 0.192 e. The van der Waals surface area contributed by atoms with Gasteiger partial charge in [-0.2, -0.15) is 0 Å². The number of rotatable bonds is 9. The van der Waals surface area contributed by atoms with E-state index in [1.54, 1.807) is 11.3 Å². The lowest BCUT2D eigenvalue weighted by Gasteiger charge is -2.23. The molecular weight excluding hydrogens is 400 g/mol. The van der Waals surface area contributed by atoms with Crippen LogP contribution < -0.4 is 0 Å². The van der Waals surface area contributed by atoms with E-state index in [-0.39, 0.29) is 11.8 Å². The molecule has 3 aromatic rings. The van der Waals surface area contributed by atoms with Crippen LogP contribution in [0.3, 0.4) is 0 Å². The highest BCUT2D eigenvalue weighted by Crippen LogP contribution is 2.28. The van der Waals surface area contributed by atoms with Crippen molar-refractivity contribution in [3.63, 3.8) is 0 Å². The summed E-state index contributed by atoms with van der Waals surface area (Å²) in [5.74, 6) is 1.45. The third-order valence-electron chi connectivity index (χ3n) is 4.91. The zero-order valence-corrected chi connectivity index (χ0v) is 19.3. The van der Waals surface area contributed by atoms with Gasteiger partial charge in [-0.15, -0.1) is 21.5 Å². The van der Waals surface area contributed by atoms with E-state index >= 15 is 0 Å². The van der Waals surface area contributed by atoms with Crippen LogP contribution in [-0.4, -0.2) is 45.3 Å². The molecule has 2 aromatic heterocycles. The lowest BCUT2D eigenvalue weighted by Crippen LogP contribution is -2.23. The van der Waals surface area contributed by atoms with Crippen molar-refractivity contribution in [2.45, 2.75) is 44.9 Å². The van der Waals surface area contributed by atoms with Crippen molar-refractivity contribution in [1.82, 2.24) is 19.7 Å². The molecule has 0 radical (unpaired) electrons. The second-order valence-corrected chi connectivity index (χ2v) is 9.74. The van der Waals surface area contributed by atoms with Crippen LogP contribution in [0, 0.1) is 13.8 Å². The average molecular weight is 429 g/mol. The van der Waals surface area contributed by atoms with E-state index in [1.807, 2.05) is 38.1 Å². The summed E-state index contributed by atoms with van der Waals surface area (Å²) >= 11 is 3.14. The van der Waals surface area contributed by atoms with Crippen LogP contribution in [0.25, 0.3) is 0 Å². The van der Waals surface area contributed by atoms with Gasteiger partial charge in [-0.25, -0.2) is 0 Å². The molecule has 0 aliphatic heterocycles. The van der Waals surface area contributed by atoms with E-state index in [1.165, 1.54) is 22.2 Å². The van der Waals surface area contributed by atoms with Crippen LogP contribution in [0.1, 0.15) is 50.9 Å². The number of nitrogens with zero attached hydrogens (tertiary/aromatic N) is 4. The van der Waals surface area contributed by atoms with Gasteiger partial charge in [0.05, 0.1) is 18.3 Å². The zero-order chi connectivity index (χ0) is 21.0. The van der Waals surface area contributed by atoms with Gasteiger partial charge < -0.3 is 4.57 Å². The van der Waals surface area contributed by atoms with Crippen LogP contribution in [0.2, 0.25) is 0 Å². The van der Waals surface area contributed by atoms with Crippen molar-refractivity contribution in [3.8, 4) is 0 Å². The molecule has 0 aliphatic rings. The number of hydrogen-bond donors (Lipinski definition) is 0. The molecule has 7 heteroatoms. The fourth-order valence-electron chi connectivity index (χ4n) is 3.46. The predicted molar refractivity (Wildman–Crippen MR) is 121 cm³/mol. The summed E-state index contributed by atoms with van der Waals surface area (Å²) in [7, 11) is 4.13. The molecule has 5 nitrogen and oxygen atoms in total. The molecule has 0 spiro atoms. The number of benzene rings is 1. The van der Waals surface area contributed by atoms with Crippen LogP contribution >= 0.6 is 23.1 Å². The van der Waals surface area contributed by atoms with E-state index in [0.717, 1.165) is 27.8 Å². The van der Waals surface area contributed by atoms with Crippen LogP contribution in [-0.2, 0) is 6.54 Å². The normalized spacial score (nSPS) is 12.5. The highest BCUT2D eigenvalue weighted by Gasteiger charge is 2.23. The topological polar surface area (TPSA) is 51.0 Å². The Morgan fingerprint density at radius 3 is 2.52 bits per heavy atom. The number of carbonyl (C=O) groups is 1. The molecule has 0 fully saturated rings. The van der Waals surface area contributed by atoms with Crippen LogP contribution in [0.4, 0.5) is 0 Å². The second-order valence-electron chi connectivity index (χ2n) is 7.34. The number of thioether (sulfide) groups is 1. The van der Waals surface area contributed by atoms with Gasteiger partial charge in [-0.05, 0) is 46.0 Å². The summed E-state index contributed by atoms with van der Waals surface area (Å²) in [5.41, 5.74) is 2.02. The predicted octanol–water partition coefficient (Wildman–Crippen LogP) is 4.99. The second kappa shape index (κ2) is 9.69. The average Bonchev–Trinajstić information content (AvgIpc) is 3.23. The summed E-state index contributed by atoms with van der Waals surface area (Å²) in [4.78, 5) is 17.2. The zero-order valence-electron chi connectivity index (χ0n) is 17.7. The third kappa shape index (κ3) is 5.15. The summed E-state index contributed by atoms with van der Waals surface area (Å²) in [5, 5.41) is 9.77. The molecule has 0 bridgehead atoms. The highest BCUT2D eigenvalue weighted by atomic mass is 32.2. The maximum atomic E-state index is 12.7. The standard InChI is InChI=1S/C22H28N4OS2/c1-6-19(25(4)5)21-23-24-22(26(21)13-17-10-8-7-9-11-17)28-14-20(27)18-12-15(2)29-16(18)3/h7-12,19H,6,13-14H2,1-5H3/t19-/m0/s1. The van der Waals surface area contributed by atoms with Crippen LogP contribution in [0.5, 0.6) is 0 Å². The molecule has 1 aromatic carbocycles. The molecule has 1 atom stereocenters. The number of hydrogen-bond acceptors (Lipinski definition) is 6. The Hall–Kier alpha value is -1.96. The first-order valence-electron chi connectivity index (χ1n) is 9.77. The Kier molecular flexibility index (Phi) is 7.27. The molecule has 2 heterocycles. The highest BCUT2D eigenvalue weighted by molar-refractivity contribution is 7.99. The Morgan fingerprint density at radius 1 is 1.21 bits per heavy atom. The summed E-state index contributed by atoms with van der Waals surface area (Å²) < 4.78 is 2.16. The molecular formula is C22H28N4OS2. The van der Waals surface area contributed by atoms with Crippen molar-refractivity contribution in [1.29, 1.82) is 0 Å². The summed E-state index contributed by atoms with van der Waals surface area (Å²) in [6.45, 7) is 6.90. The molecule has 0 saturated carbocycles. The molecule has 154 valence electrons. The van der Waals surface area contributed by atoms with Gasteiger partial charge in [-0.1, -0.05) is 49.0 Å². The van der Waals surface area contributed by atoms with Gasteiger partial charge in [0.1, 0.15) is 0 Å². The largest absolute Gasteiger partial charge is 0.300 e. The first-order chi connectivity index (χ1) is 13.9. The van der Waals surface area contributed by atoms with Crippen molar-refractivity contribution in [2.24, 2.45) is 0 Å². The Balaban J connectivity index is 1.86. The van der Waals surface area contributed by atoms with Gasteiger partial charge in [0.2, 0.25) is 0 Å². The molecule has 29 heavy (non-hydrogen) atoms. The van der Waals surface area contributed by atoms with Crippen molar-refractivity contribution < 1.29 is 4.79 Å². The van der Waals surface area contributed by atoms with Gasteiger partial charge >= 0.3 is 0 Å². The fourth-order valence-corrected chi connectivity index (χ4v) is 5.23. The van der Waals surface area contributed by atoms with E-state index in [0.29, 0.717) is 12.3 Å². The van der Waals surface area contributed by atoms with Gasteiger partial charge in [0.25, 0.3) is 0 Å². The molecule has 0 amide bonds. The van der Waals surface area contributed by atoms with E-state index in [9.17, 15) is 4.79 Å². The van der Waals surface area contributed by atoms with Crippen molar-refractivity contribution in [2.75, 3.05) is 19.8 Å². The third-order valence-corrected chi connectivity index (χ3v) is 6.84. The number of aryl methyl sites for hydroxylation is 2. The smallest absolute Gasteiger partial charge is 0.192 e. The van der Waals surface area contributed by atoms with Gasteiger partial charge in [-0.3, -0.25) is 9.69 Å². The van der Waals surface area contributed by atoms with E-state index < -0.39 is 0 Å². The minimum atomic E-state index is 0.146. The first-order valence-corrected chi connectivity index (χ1v) is 11.6. The lowest BCUT2D eigenvalue weighted by atomic mass is 10.2. The SMILES string of the molecule is CC[C@@H](c1nnc(SCC(=O)c2cc(C)sc2C)n1Cc1ccccc1)N(C)C. The Morgan fingerprint density at radius 2 is 1.93 bits per heavy atom. The lowest BCUT2D eigenvalue weighted by molar-refractivity contribution is 0.102. The van der Waals surface area contributed by atoms with Crippen LogP contribution in [0.15, 0.2) is 41.6 Å². The van der Waals surface area contributed by atoms with E-state index in [2.05, 4.69) is 52.8 Å². The molecule has 0 N–H and O–H groups in total. The van der Waals surface area contributed by atoms with E-state index in [4.69, 9.17) is 0 Å². The minimum Gasteiger partial charge on any atom is -0.300 e. The molecule has 0 saturated heterocycles. The number of carbonyl (C=O) groups excluding carboxylic acids is 1. The fraction of sp³-hybridized carbons (Fsp3) is 0.409. The van der Waals surface area contributed by atoms with Crippen molar-refractivity contribution >= 4 is 28.9 Å². The number of thiophene rings is 1. The quantitative estimate of drug-likeness (QED) is 0.355. The van der Waals surface area contributed by atoms with Gasteiger partial charge in [0.15, 0.2) is 16.8 Å². The van der Waals surface area contributed by atoms with Gasteiger partial charge in [0, 0.05) is 15.3 Å².